The van der Waals surface area contributed by atoms with E-state index in [1.54, 1.807) is 0 Å². The molecule has 1 saturated heterocycles. The van der Waals surface area contributed by atoms with Gasteiger partial charge in [0.1, 0.15) is 12.1 Å². The van der Waals surface area contributed by atoms with Crippen LogP contribution in [0.2, 0.25) is 0 Å². The molecule has 0 unspecified atom stereocenters. The summed E-state index contributed by atoms with van der Waals surface area (Å²) in [6.45, 7) is 4.26. The third-order valence-electron chi connectivity index (χ3n) is 4.68. The SMILES string of the molecule is CCCC(CCC)C(=O)N[C@@H](CC(=O)OC)C(=O)N1CCC[C@H]1C(=O)O. The molecule has 148 valence electrons. The fourth-order valence-corrected chi connectivity index (χ4v) is 3.33. The molecule has 8 heteroatoms. The van der Waals surface area contributed by atoms with Gasteiger partial charge in [0.2, 0.25) is 11.8 Å². The number of carbonyl (C=O) groups excluding carboxylic acids is 3. The lowest BCUT2D eigenvalue weighted by molar-refractivity contribution is -0.151. The highest BCUT2D eigenvalue weighted by molar-refractivity contribution is 5.93. The standard InChI is InChI=1S/C18H30N2O6/c1-4-7-12(8-5-2)16(22)19-13(11-15(21)26-3)17(23)20-10-6-9-14(20)18(24)25/h12-14H,4-11H2,1-3H3,(H,19,22)(H,24,25)/t13-,14-/m0/s1. The lowest BCUT2D eigenvalue weighted by Gasteiger charge is -2.28. The van der Waals surface area contributed by atoms with Crippen molar-refractivity contribution in [3.8, 4) is 0 Å². The van der Waals surface area contributed by atoms with Gasteiger partial charge in [0.15, 0.2) is 0 Å². The molecule has 0 radical (unpaired) electrons. The number of carboxylic acids is 1. The minimum absolute atomic E-state index is 0.230. The summed E-state index contributed by atoms with van der Waals surface area (Å²) in [5, 5.41) is 11.9. The second-order valence-electron chi connectivity index (χ2n) is 6.64. The summed E-state index contributed by atoms with van der Waals surface area (Å²) in [6.07, 6.45) is 3.70. The Labute approximate surface area is 154 Å². The second-order valence-corrected chi connectivity index (χ2v) is 6.64. The molecule has 0 bridgehead atoms. The fourth-order valence-electron chi connectivity index (χ4n) is 3.33. The van der Waals surface area contributed by atoms with Crippen LogP contribution in [0.3, 0.4) is 0 Å². The number of nitrogens with zero attached hydrogens (tertiary/aromatic N) is 1. The van der Waals surface area contributed by atoms with Gasteiger partial charge in [0.05, 0.1) is 13.5 Å². The maximum atomic E-state index is 12.8. The van der Waals surface area contributed by atoms with E-state index in [2.05, 4.69) is 10.1 Å². The van der Waals surface area contributed by atoms with Gasteiger partial charge in [-0.2, -0.15) is 0 Å². The van der Waals surface area contributed by atoms with Gasteiger partial charge in [-0.3, -0.25) is 14.4 Å². The minimum atomic E-state index is -1.11. The summed E-state index contributed by atoms with van der Waals surface area (Å²) >= 11 is 0. The molecule has 0 spiro atoms. The molecule has 1 rings (SSSR count). The van der Waals surface area contributed by atoms with E-state index in [0.717, 1.165) is 12.8 Å². The van der Waals surface area contributed by atoms with Crippen molar-refractivity contribution < 1.29 is 29.0 Å². The summed E-state index contributed by atoms with van der Waals surface area (Å²) in [7, 11) is 1.21. The number of ether oxygens (including phenoxy) is 1. The summed E-state index contributed by atoms with van der Waals surface area (Å²) in [4.78, 5) is 49.7. The van der Waals surface area contributed by atoms with E-state index in [-0.39, 0.29) is 18.2 Å². The van der Waals surface area contributed by atoms with E-state index in [1.165, 1.54) is 12.0 Å². The van der Waals surface area contributed by atoms with Crippen LogP contribution in [0, 0.1) is 5.92 Å². The zero-order valence-electron chi connectivity index (χ0n) is 15.8. The Morgan fingerprint density at radius 1 is 1.19 bits per heavy atom. The summed E-state index contributed by atoms with van der Waals surface area (Å²) in [6, 6.07) is -2.02. The molecule has 2 amide bonds. The molecule has 0 aliphatic carbocycles. The molecule has 2 N–H and O–H groups in total. The largest absolute Gasteiger partial charge is 0.480 e. The lowest BCUT2D eigenvalue weighted by Crippen LogP contribution is -2.53. The molecule has 1 aliphatic rings. The van der Waals surface area contributed by atoms with Gasteiger partial charge in [-0.05, 0) is 25.7 Å². The van der Waals surface area contributed by atoms with Crippen molar-refractivity contribution in [3.05, 3.63) is 0 Å². The van der Waals surface area contributed by atoms with Gasteiger partial charge >= 0.3 is 11.9 Å². The van der Waals surface area contributed by atoms with Gasteiger partial charge in [0, 0.05) is 12.5 Å². The van der Waals surface area contributed by atoms with Crippen LogP contribution in [0.5, 0.6) is 0 Å². The normalized spacial score (nSPS) is 17.8. The quantitative estimate of drug-likeness (QED) is 0.561. The Bertz CT molecular complexity index is 516. The molecular weight excluding hydrogens is 340 g/mol. The van der Waals surface area contributed by atoms with E-state index in [0.29, 0.717) is 32.2 Å². The van der Waals surface area contributed by atoms with Crippen molar-refractivity contribution in [2.45, 2.75) is 70.9 Å². The van der Waals surface area contributed by atoms with Crippen molar-refractivity contribution in [2.24, 2.45) is 5.92 Å². The summed E-state index contributed by atoms with van der Waals surface area (Å²) in [5.74, 6) is -2.75. The predicted octanol–water partition coefficient (Wildman–Crippen LogP) is 1.33. The summed E-state index contributed by atoms with van der Waals surface area (Å²) in [5.41, 5.74) is 0. The molecule has 8 nitrogen and oxygen atoms in total. The number of methoxy groups -OCH3 is 1. The van der Waals surface area contributed by atoms with E-state index >= 15 is 0 Å². The van der Waals surface area contributed by atoms with E-state index < -0.39 is 29.9 Å². The summed E-state index contributed by atoms with van der Waals surface area (Å²) < 4.78 is 4.63. The number of amides is 2. The fraction of sp³-hybridized carbons (Fsp3) is 0.778. The zero-order chi connectivity index (χ0) is 19.7. The Morgan fingerprint density at radius 2 is 1.81 bits per heavy atom. The van der Waals surface area contributed by atoms with Crippen LogP contribution < -0.4 is 5.32 Å². The van der Waals surface area contributed by atoms with Crippen molar-refractivity contribution >= 4 is 23.8 Å². The number of rotatable bonds is 10. The third kappa shape index (κ3) is 6.00. The maximum Gasteiger partial charge on any atom is 0.326 e. The second kappa shape index (κ2) is 10.8. The number of carbonyl (C=O) groups is 4. The Morgan fingerprint density at radius 3 is 2.31 bits per heavy atom. The van der Waals surface area contributed by atoms with Crippen molar-refractivity contribution in [3.63, 3.8) is 0 Å². The van der Waals surface area contributed by atoms with Gasteiger partial charge < -0.3 is 20.1 Å². The number of hydrogen-bond acceptors (Lipinski definition) is 5. The molecule has 0 aromatic carbocycles. The van der Waals surface area contributed by atoms with Gasteiger partial charge in [-0.25, -0.2) is 4.79 Å². The topological polar surface area (TPSA) is 113 Å². The smallest absolute Gasteiger partial charge is 0.326 e. The highest BCUT2D eigenvalue weighted by Gasteiger charge is 2.38. The Hall–Kier alpha value is -2.12. The predicted molar refractivity (Wildman–Crippen MR) is 94.2 cm³/mol. The van der Waals surface area contributed by atoms with Crippen LogP contribution in [0.4, 0.5) is 0 Å². The average Bonchev–Trinajstić information content (AvgIpc) is 3.10. The molecule has 0 aromatic heterocycles. The first-order chi connectivity index (χ1) is 12.3. The molecule has 1 aliphatic heterocycles. The van der Waals surface area contributed by atoms with Crippen LogP contribution >= 0.6 is 0 Å². The van der Waals surface area contributed by atoms with Crippen LogP contribution in [-0.2, 0) is 23.9 Å². The lowest BCUT2D eigenvalue weighted by atomic mass is 9.96. The van der Waals surface area contributed by atoms with Gasteiger partial charge in [-0.1, -0.05) is 26.7 Å². The van der Waals surface area contributed by atoms with Crippen LogP contribution in [-0.4, -0.2) is 59.5 Å². The molecule has 26 heavy (non-hydrogen) atoms. The Balaban J connectivity index is 2.92. The first kappa shape index (κ1) is 21.9. The van der Waals surface area contributed by atoms with E-state index in [4.69, 9.17) is 0 Å². The van der Waals surface area contributed by atoms with Crippen molar-refractivity contribution in [2.75, 3.05) is 13.7 Å². The highest BCUT2D eigenvalue weighted by Crippen LogP contribution is 2.20. The zero-order valence-corrected chi connectivity index (χ0v) is 15.8. The molecule has 1 heterocycles. The monoisotopic (exact) mass is 370 g/mol. The first-order valence-electron chi connectivity index (χ1n) is 9.26. The van der Waals surface area contributed by atoms with Crippen LogP contribution in [0.1, 0.15) is 58.8 Å². The number of esters is 1. The number of carboxylic acid groups (broad SMARTS) is 1. The van der Waals surface area contributed by atoms with Crippen molar-refractivity contribution in [1.82, 2.24) is 10.2 Å². The van der Waals surface area contributed by atoms with Crippen LogP contribution in [0.25, 0.3) is 0 Å². The van der Waals surface area contributed by atoms with Gasteiger partial charge in [0.25, 0.3) is 0 Å². The molecule has 1 fully saturated rings. The number of likely N-dealkylation sites (tertiary alicyclic amines) is 1. The van der Waals surface area contributed by atoms with E-state index in [1.807, 2.05) is 13.8 Å². The molecule has 0 aromatic rings. The van der Waals surface area contributed by atoms with Gasteiger partial charge in [-0.15, -0.1) is 0 Å². The molecular formula is C18H30N2O6. The van der Waals surface area contributed by atoms with Crippen molar-refractivity contribution in [1.29, 1.82) is 0 Å². The minimum Gasteiger partial charge on any atom is -0.480 e. The Kier molecular flexibility index (Phi) is 9.09. The van der Waals surface area contributed by atoms with E-state index in [9.17, 15) is 24.3 Å². The molecule has 0 saturated carbocycles. The highest BCUT2D eigenvalue weighted by atomic mass is 16.5. The maximum absolute atomic E-state index is 12.8. The molecule has 2 atom stereocenters. The number of aliphatic carboxylic acids is 1. The average molecular weight is 370 g/mol. The van der Waals surface area contributed by atoms with Crippen LogP contribution in [0.15, 0.2) is 0 Å². The third-order valence-corrected chi connectivity index (χ3v) is 4.68. The number of hydrogen-bond donors (Lipinski definition) is 2. The number of nitrogens with one attached hydrogen (secondary N) is 1. The first-order valence-corrected chi connectivity index (χ1v) is 9.26.